The minimum absolute atomic E-state index is 0.417. The Morgan fingerprint density at radius 2 is 1.39 bits per heavy atom. The van der Waals surface area contributed by atoms with Crippen LogP contribution in [0.4, 0.5) is 13.2 Å². The summed E-state index contributed by atoms with van der Waals surface area (Å²) in [5, 5.41) is 8.63. The van der Waals surface area contributed by atoms with Crippen molar-refractivity contribution >= 4 is 0 Å². The SMILES string of the molecule is N#C/C=C/[C@H]1CC[C@H](CC[C@H]2CC[C@H](c3ccc(C(F)(F)F)cc3)CC2)CC1. The summed E-state index contributed by atoms with van der Waals surface area (Å²) in [6, 6.07) is 7.89. The zero-order valence-corrected chi connectivity index (χ0v) is 16.4. The lowest BCUT2D eigenvalue weighted by atomic mass is 9.74. The molecule has 2 fully saturated rings. The standard InChI is InChI=1S/C24H30F3N/c25-24(26,27)23-15-13-22(14-16-23)21-11-9-20(10-12-21)8-7-19-5-3-18(4-6-19)2-1-17-28/h1-2,13-16,18-21H,3-12H2/b2-1+/t18-,19-,20-,21-. The molecule has 1 aromatic rings. The molecule has 1 nitrogen and oxygen atoms in total. The van der Waals surface area contributed by atoms with Crippen LogP contribution in [0.1, 0.15) is 81.3 Å². The third kappa shape index (κ3) is 5.87. The predicted molar refractivity (Wildman–Crippen MR) is 106 cm³/mol. The van der Waals surface area contributed by atoms with E-state index in [0.29, 0.717) is 11.8 Å². The van der Waals surface area contributed by atoms with E-state index in [1.54, 1.807) is 18.2 Å². The van der Waals surface area contributed by atoms with Gasteiger partial charge in [0.1, 0.15) is 0 Å². The first-order chi connectivity index (χ1) is 13.5. The molecule has 0 amide bonds. The predicted octanol–water partition coefficient (Wildman–Crippen LogP) is 7.65. The first-order valence-electron chi connectivity index (χ1n) is 10.7. The third-order valence-electron chi connectivity index (χ3n) is 6.87. The van der Waals surface area contributed by atoms with Crippen LogP contribution >= 0.6 is 0 Å². The molecule has 0 heterocycles. The Labute approximate surface area is 166 Å². The molecule has 0 radical (unpaired) electrons. The Balaban J connectivity index is 1.38. The van der Waals surface area contributed by atoms with Gasteiger partial charge in [-0.1, -0.05) is 31.1 Å². The van der Waals surface area contributed by atoms with Crippen LogP contribution < -0.4 is 0 Å². The zero-order valence-electron chi connectivity index (χ0n) is 16.4. The van der Waals surface area contributed by atoms with Gasteiger partial charge in [-0.25, -0.2) is 0 Å². The number of alkyl halides is 3. The molecule has 0 aliphatic heterocycles. The molecule has 2 aliphatic rings. The number of nitrogens with zero attached hydrogens (tertiary/aromatic N) is 1. The van der Waals surface area contributed by atoms with Crippen molar-refractivity contribution in [2.45, 2.75) is 76.3 Å². The molecular weight excluding hydrogens is 359 g/mol. The molecule has 152 valence electrons. The molecule has 2 aliphatic carbocycles. The van der Waals surface area contributed by atoms with Crippen molar-refractivity contribution in [2.24, 2.45) is 17.8 Å². The lowest BCUT2D eigenvalue weighted by Gasteiger charge is -2.31. The fourth-order valence-corrected chi connectivity index (χ4v) is 5.05. The maximum absolute atomic E-state index is 12.7. The van der Waals surface area contributed by atoms with Crippen LogP contribution in [-0.2, 0) is 6.18 Å². The number of rotatable bonds is 5. The number of hydrogen-bond donors (Lipinski definition) is 0. The minimum Gasteiger partial charge on any atom is -0.193 e. The minimum atomic E-state index is -4.25. The molecule has 2 saturated carbocycles. The van der Waals surface area contributed by atoms with Gasteiger partial charge in [-0.15, -0.1) is 0 Å². The average Bonchev–Trinajstić information content (AvgIpc) is 2.71. The van der Waals surface area contributed by atoms with E-state index in [9.17, 15) is 13.2 Å². The molecule has 4 heteroatoms. The van der Waals surface area contributed by atoms with E-state index < -0.39 is 11.7 Å². The van der Waals surface area contributed by atoms with Crippen LogP contribution in [-0.4, -0.2) is 0 Å². The molecule has 0 spiro atoms. The zero-order chi connectivity index (χ0) is 20.0. The van der Waals surface area contributed by atoms with Crippen molar-refractivity contribution in [3.8, 4) is 6.07 Å². The second kappa shape index (κ2) is 9.63. The largest absolute Gasteiger partial charge is 0.416 e. The molecule has 0 bridgehead atoms. The molecule has 0 N–H and O–H groups in total. The van der Waals surface area contributed by atoms with Gasteiger partial charge in [-0.05, 0) is 92.7 Å². The first kappa shape index (κ1) is 21.0. The van der Waals surface area contributed by atoms with Crippen molar-refractivity contribution in [2.75, 3.05) is 0 Å². The van der Waals surface area contributed by atoms with Gasteiger partial charge >= 0.3 is 6.18 Å². The summed E-state index contributed by atoms with van der Waals surface area (Å²) in [7, 11) is 0. The van der Waals surface area contributed by atoms with E-state index in [1.807, 2.05) is 0 Å². The number of allylic oxidation sites excluding steroid dienone is 2. The van der Waals surface area contributed by atoms with E-state index in [0.717, 1.165) is 30.2 Å². The Morgan fingerprint density at radius 1 is 0.857 bits per heavy atom. The highest BCUT2D eigenvalue weighted by atomic mass is 19.4. The highest BCUT2D eigenvalue weighted by Gasteiger charge is 2.31. The van der Waals surface area contributed by atoms with E-state index in [1.165, 1.54) is 63.5 Å². The van der Waals surface area contributed by atoms with Gasteiger partial charge < -0.3 is 0 Å². The maximum Gasteiger partial charge on any atom is 0.416 e. The fourth-order valence-electron chi connectivity index (χ4n) is 5.05. The average molecular weight is 390 g/mol. The Morgan fingerprint density at radius 3 is 1.89 bits per heavy atom. The van der Waals surface area contributed by atoms with Gasteiger partial charge in [-0.2, -0.15) is 18.4 Å². The van der Waals surface area contributed by atoms with Crippen molar-refractivity contribution in [1.82, 2.24) is 0 Å². The number of hydrogen-bond acceptors (Lipinski definition) is 1. The number of halogens is 3. The van der Waals surface area contributed by atoms with Crippen LogP contribution in [0, 0.1) is 29.1 Å². The highest BCUT2D eigenvalue weighted by Crippen LogP contribution is 2.40. The summed E-state index contributed by atoms with van der Waals surface area (Å²) in [5.74, 6) is 2.62. The van der Waals surface area contributed by atoms with Gasteiger partial charge in [0.2, 0.25) is 0 Å². The monoisotopic (exact) mass is 389 g/mol. The van der Waals surface area contributed by atoms with Crippen LogP contribution in [0.2, 0.25) is 0 Å². The first-order valence-corrected chi connectivity index (χ1v) is 10.7. The van der Waals surface area contributed by atoms with Crippen molar-refractivity contribution in [3.05, 3.63) is 47.5 Å². The topological polar surface area (TPSA) is 23.8 Å². The molecule has 1 aromatic carbocycles. The normalized spacial score (nSPS) is 28.9. The van der Waals surface area contributed by atoms with Gasteiger partial charge in [0.05, 0.1) is 11.6 Å². The fraction of sp³-hybridized carbons (Fsp3) is 0.625. The summed E-state index contributed by atoms with van der Waals surface area (Å²) in [6.45, 7) is 0. The van der Waals surface area contributed by atoms with Gasteiger partial charge in [0.15, 0.2) is 0 Å². The quantitative estimate of drug-likeness (QED) is 0.475. The van der Waals surface area contributed by atoms with E-state index >= 15 is 0 Å². The highest BCUT2D eigenvalue weighted by molar-refractivity contribution is 5.27. The van der Waals surface area contributed by atoms with Gasteiger partial charge in [0, 0.05) is 6.08 Å². The summed E-state index contributed by atoms with van der Waals surface area (Å²) in [5.41, 5.74) is 0.512. The second-order valence-corrected chi connectivity index (χ2v) is 8.68. The Kier molecular flexibility index (Phi) is 7.21. The summed E-state index contributed by atoms with van der Waals surface area (Å²) < 4.78 is 38.1. The molecular formula is C24H30F3N. The van der Waals surface area contributed by atoms with E-state index in [4.69, 9.17) is 5.26 Å². The van der Waals surface area contributed by atoms with Crippen molar-refractivity contribution < 1.29 is 13.2 Å². The van der Waals surface area contributed by atoms with E-state index in [2.05, 4.69) is 12.1 Å². The number of nitriles is 1. The lowest BCUT2D eigenvalue weighted by molar-refractivity contribution is -0.137. The van der Waals surface area contributed by atoms with Crippen molar-refractivity contribution in [3.63, 3.8) is 0 Å². The van der Waals surface area contributed by atoms with Crippen LogP contribution in [0.25, 0.3) is 0 Å². The summed E-state index contributed by atoms with van der Waals surface area (Å²) >= 11 is 0. The maximum atomic E-state index is 12.7. The second-order valence-electron chi connectivity index (χ2n) is 8.68. The summed E-state index contributed by atoms with van der Waals surface area (Å²) in [4.78, 5) is 0. The smallest absolute Gasteiger partial charge is 0.193 e. The Hall–Kier alpha value is -1.76. The van der Waals surface area contributed by atoms with E-state index in [-0.39, 0.29) is 0 Å². The van der Waals surface area contributed by atoms with Crippen LogP contribution in [0.5, 0.6) is 0 Å². The molecule has 3 rings (SSSR count). The molecule has 28 heavy (non-hydrogen) atoms. The van der Waals surface area contributed by atoms with Crippen LogP contribution in [0.3, 0.4) is 0 Å². The van der Waals surface area contributed by atoms with Crippen LogP contribution in [0.15, 0.2) is 36.4 Å². The molecule has 0 unspecified atom stereocenters. The third-order valence-corrected chi connectivity index (χ3v) is 6.87. The molecule has 0 saturated heterocycles. The van der Waals surface area contributed by atoms with Gasteiger partial charge in [-0.3, -0.25) is 0 Å². The molecule has 0 atom stereocenters. The van der Waals surface area contributed by atoms with Crippen molar-refractivity contribution in [1.29, 1.82) is 5.26 Å². The molecule has 0 aromatic heterocycles. The lowest BCUT2D eigenvalue weighted by Crippen LogP contribution is -2.17. The Bertz CT molecular complexity index is 667. The van der Waals surface area contributed by atoms with Gasteiger partial charge in [0.25, 0.3) is 0 Å². The summed E-state index contributed by atoms with van der Waals surface area (Å²) in [6.07, 6.45) is 11.6. The number of benzene rings is 1.